The lowest BCUT2D eigenvalue weighted by Gasteiger charge is -2.11. The lowest BCUT2D eigenvalue weighted by atomic mass is 10.2. The number of hydrogen-bond donors (Lipinski definition) is 2. The Balaban J connectivity index is 2.31. The lowest BCUT2D eigenvalue weighted by molar-refractivity contribution is 1.51. The van der Waals surface area contributed by atoms with Crippen molar-refractivity contribution < 1.29 is 0 Å². The van der Waals surface area contributed by atoms with Gasteiger partial charge in [0.1, 0.15) is 0 Å². The molecule has 0 radical (unpaired) electrons. The smallest absolute Gasteiger partial charge is 0.0652 e. The first kappa shape index (κ1) is 13.0. The predicted molar refractivity (Wildman–Crippen MR) is 86.0 cm³/mol. The molecule has 2 aromatic carbocycles. The van der Waals surface area contributed by atoms with Gasteiger partial charge < -0.3 is 11.1 Å². The minimum absolute atomic E-state index is 0.673. The molecule has 0 aliphatic carbocycles. The Labute approximate surface area is 127 Å². The summed E-state index contributed by atoms with van der Waals surface area (Å²) in [6.45, 7) is 0. The van der Waals surface area contributed by atoms with Crippen LogP contribution in [0.4, 0.5) is 17.1 Å². The van der Waals surface area contributed by atoms with Crippen molar-refractivity contribution in [3.63, 3.8) is 0 Å². The highest BCUT2D eigenvalue weighted by molar-refractivity contribution is 14.1. The van der Waals surface area contributed by atoms with E-state index in [2.05, 4.69) is 43.8 Å². The molecule has 2 nitrogen and oxygen atoms in total. The summed E-state index contributed by atoms with van der Waals surface area (Å²) in [4.78, 5) is 0. The molecule has 17 heavy (non-hydrogen) atoms. The van der Waals surface area contributed by atoms with Gasteiger partial charge in [-0.2, -0.15) is 0 Å². The number of anilines is 3. The van der Waals surface area contributed by atoms with Crippen molar-refractivity contribution >= 4 is 67.2 Å². The summed E-state index contributed by atoms with van der Waals surface area (Å²) in [6.07, 6.45) is 0. The van der Waals surface area contributed by atoms with Crippen LogP contribution in [-0.2, 0) is 0 Å². The number of nitrogens with one attached hydrogen (secondary N) is 1. The van der Waals surface area contributed by atoms with Crippen molar-refractivity contribution in [2.45, 2.75) is 0 Å². The molecule has 0 amide bonds. The number of benzene rings is 2. The monoisotopic (exact) mass is 422 g/mol. The van der Waals surface area contributed by atoms with Crippen LogP contribution in [-0.4, -0.2) is 0 Å². The quantitative estimate of drug-likeness (QED) is 0.525. The van der Waals surface area contributed by atoms with Gasteiger partial charge in [-0.1, -0.05) is 27.5 Å². The van der Waals surface area contributed by atoms with Crippen LogP contribution < -0.4 is 11.1 Å². The highest BCUT2D eigenvalue weighted by Gasteiger charge is 2.04. The Morgan fingerprint density at radius 3 is 2.47 bits per heavy atom. The van der Waals surface area contributed by atoms with Crippen LogP contribution in [0.1, 0.15) is 0 Å². The molecule has 0 aromatic heterocycles. The van der Waals surface area contributed by atoms with E-state index in [-0.39, 0.29) is 0 Å². The summed E-state index contributed by atoms with van der Waals surface area (Å²) >= 11 is 11.8. The highest BCUT2D eigenvalue weighted by Crippen LogP contribution is 2.30. The summed E-state index contributed by atoms with van der Waals surface area (Å²) in [5.74, 6) is 0. The molecule has 0 atom stereocenters. The first-order valence-electron chi connectivity index (χ1n) is 4.83. The van der Waals surface area contributed by atoms with E-state index < -0.39 is 0 Å². The van der Waals surface area contributed by atoms with Gasteiger partial charge >= 0.3 is 0 Å². The van der Waals surface area contributed by atoms with Gasteiger partial charge in [0.05, 0.1) is 16.4 Å². The Hall–Kier alpha value is -0.460. The van der Waals surface area contributed by atoms with Gasteiger partial charge in [-0.25, -0.2) is 0 Å². The summed E-state index contributed by atoms with van der Waals surface area (Å²) in [5.41, 5.74) is 8.32. The zero-order chi connectivity index (χ0) is 12.4. The Morgan fingerprint density at radius 1 is 1.12 bits per heavy atom. The van der Waals surface area contributed by atoms with Crippen LogP contribution in [0.3, 0.4) is 0 Å². The fourth-order valence-electron chi connectivity index (χ4n) is 1.37. The fourth-order valence-corrected chi connectivity index (χ4v) is 2.76. The fraction of sp³-hybridized carbons (Fsp3) is 0. The lowest BCUT2D eigenvalue weighted by Crippen LogP contribution is -1.95. The van der Waals surface area contributed by atoms with Gasteiger partial charge in [0.25, 0.3) is 0 Å². The third-order valence-electron chi connectivity index (χ3n) is 2.19. The van der Waals surface area contributed by atoms with E-state index in [4.69, 9.17) is 17.3 Å². The van der Waals surface area contributed by atoms with Crippen LogP contribution in [0.15, 0.2) is 40.9 Å². The SMILES string of the molecule is Nc1ccc(Nc2ccc(Br)cc2Cl)c(I)c1. The zero-order valence-corrected chi connectivity index (χ0v) is 13.2. The molecule has 0 bridgehead atoms. The second-order valence-electron chi connectivity index (χ2n) is 3.49. The molecule has 2 rings (SSSR count). The van der Waals surface area contributed by atoms with Gasteiger partial charge in [0.15, 0.2) is 0 Å². The maximum atomic E-state index is 6.14. The first-order chi connectivity index (χ1) is 8.06. The maximum Gasteiger partial charge on any atom is 0.0652 e. The molecule has 0 heterocycles. The van der Waals surface area contributed by atoms with Crippen LogP contribution >= 0.6 is 50.1 Å². The summed E-state index contributed by atoms with van der Waals surface area (Å²) < 4.78 is 2.02. The first-order valence-corrected chi connectivity index (χ1v) is 7.08. The van der Waals surface area contributed by atoms with Crippen LogP contribution in [0, 0.1) is 3.57 Å². The van der Waals surface area contributed by atoms with Crippen molar-refractivity contribution in [2.24, 2.45) is 0 Å². The minimum atomic E-state index is 0.673. The molecule has 0 unspecified atom stereocenters. The van der Waals surface area contributed by atoms with Gasteiger partial charge in [0.2, 0.25) is 0 Å². The normalized spacial score (nSPS) is 10.3. The standard InChI is InChI=1S/C12H9BrClIN2/c13-7-1-3-11(9(14)5-7)17-12-4-2-8(16)6-10(12)15/h1-6,17H,16H2. The van der Waals surface area contributed by atoms with E-state index in [0.29, 0.717) is 5.02 Å². The van der Waals surface area contributed by atoms with Crippen molar-refractivity contribution in [2.75, 3.05) is 11.1 Å². The van der Waals surface area contributed by atoms with Gasteiger partial charge in [-0.3, -0.25) is 0 Å². The van der Waals surface area contributed by atoms with Crippen molar-refractivity contribution in [1.29, 1.82) is 0 Å². The van der Waals surface area contributed by atoms with E-state index in [1.54, 1.807) is 0 Å². The Morgan fingerprint density at radius 2 is 1.82 bits per heavy atom. The molecule has 0 aliphatic heterocycles. The summed E-state index contributed by atoms with van der Waals surface area (Å²) in [6, 6.07) is 11.4. The number of hydrogen-bond acceptors (Lipinski definition) is 2. The largest absolute Gasteiger partial charge is 0.399 e. The third-order valence-corrected chi connectivity index (χ3v) is 3.89. The number of nitrogen functional groups attached to an aromatic ring is 1. The van der Waals surface area contributed by atoms with Crippen LogP contribution in [0.2, 0.25) is 5.02 Å². The molecule has 2 aromatic rings. The van der Waals surface area contributed by atoms with Gasteiger partial charge in [0, 0.05) is 13.7 Å². The van der Waals surface area contributed by atoms with Gasteiger partial charge in [-0.15, -0.1) is 0 Å². The second kappa shape index (κ2) is 5.46. The molecule has 0 fully saturated rings. The van der Waals surface area contributed by atoms with E-state index in [0.717, 1.165) is 25.1 Å². The Bertz CT molecular complexity index is 511. The molecule has 0 saturated carbocycles. The number of halogens is 3. The molecular formula is C12H9BrClIN2. The molecular weight excluding hydrogens is 414 g/mol. The van der Waals surface area contributed by atoms with Gasteiger partial charge in [-0.05, 0) is 59.0 Å². The van der Waals surface area contributed by atoms with E-state index in [1.165, 1.54) is 0 Å². The molecule has 0 saturated heterocycles. The molecule has 0 spiro atoms. The van der Waals surface area contributed by atoms with E-state index >= 15 is 0 Å². The minimum Gasteiger partial charge on any atom is -0.399 e. The van der Waals surface area contributed by atoms with E-state index in [1.807, 2.05) is 36.4 Å². The molecule has 88 valence electrons. The zero-order valence-electron chi connectivity index (χ0n) is 8.68. The van der Waals surface area contributed by atoms with Crippen molar-refractivity contribution in [3.05, 3.63) is 49.5 Å². The molecule has 5 heteroatoms. The molecule has 0 aliphatic rings. The van der Waals surface area contributed by atoms with E-state index in [9.17, 15) is 0 Å². The van der Waals surface area contributed by atoms with Crippen molar-refractivity contribution in [1.82, 2.24) is 0 Å². The highest BCUT2D eigenvalue weighted by atomic mass is 127. The second-order valence-corrected chi connectivity index (χ2v) is 5.97. The topological polar surface area (TPSA) is 38.0 Å². The molecule has 3 N–H and O–H groups in total. The summed E-state index contributed by atoms with van der Waals surface area (Å²) in [5, 5.41) is 3.95. The third kappa shape index (κ3) is 3.26. The average Bonchev–Trinajstić information content (AvgIpc) is 2.25. The van der Waals surface area contributed by atoms with Crippen LogP contribution in [0.5, 0.6) is 0 Å². The van der Waals surface area contributed by atoms with Crippen molar-refractivity contribution in [3.8, 4) is 0 Å². The maximum absolute atomic E-state index is 6.14. The summed E-state index contributed by atoms with van der Waals surface area (Å²) in [7, 11) is 0. The number of rotatable bonds is 2. The average molecular weight is 423 g/mol. The Kier molecular flexibility index (Phi) is 4.17. The number of nitrogens with two attached hydrogens (primary N) is 1. The van der Waals surface area contributed by atoms with Crippen LogP contribution in [0.25, 0.3) is 0 Å². The predicted octanol–water partition coefficient (Wildman–Crippen LogP) is 5.03.